The number of hydrogen-bond acceptors (Lipinski definition) is 3. The molecule has 2 unspecified atom stereocenters. The van der Waals surface area contributed by atoms with Crippen molar-refractivity contribution in [2.45, 2.75) is 37.8 Å². The van der Waals surface area contributed by atoms with Crippen molar-refractivity contribution in [2.24, 2.45) is 11.7 Å². The summed E-state index contributed by atoms with van der Waals surface area (Å²) in [4.78, 5) is 0.325. The Kier molecular flexibility index (Phi) is 3.25. The molecule has 0 amide bonds. The third kappa shape index (κ3) is 2.68. The molecule has 4 nitrogen and oxygen atoms in total. The lowest BCUT2D eigenvalue weighted by molar-refractivity contribution is 0.578. The number of sulfonamides is 1. The Labute approximate surface area is 102 Å². The van der Waals surface area contributed by atoms with Crippen LogP contribution >= 0.6 is 0 Å². The molecule has 1 aliphatic carbocycles. The van der Waals surface area contributed by atoms with Crippen LogP contribution in [0.5, 0.6) is 0 Å². The van der Waals surface area contributed by atoms with Crippen molar-refractivity contribution in [1.82, 2.24) is 4.72 Å². The second-order valence-corrected chi connectivity index (χ2v) is 6.45. The van der Waals surface area contributed by atoms with E-state index >= 15 is 0 Å². The third-order valence-corrected chi connectivity index (χ3v) is 4.75. The largest absolute Gasteiger partial charge is 0.326 e. The maximum Gasteiger partial charge on any atom is 0.240 e. The summed E-state index contributed by atoms with van der Waals surface area (Å²) >= 11 is 0. The zero-order chi connectivity index (χ0) is 12.6. The minimum absolute atomic E-state index is 0.106. The van der Waals surface area contributed by atoms with Gasteiger partial charge in [-0.25, -0.2) is 13.1 Å². The van der Waals surface area contributed by atoms with Gasteiger partial charge in [-0.05, 0) is 42.5 Å². The SMILES string of the molecule is Cc1cc(S(=O)(=O)NC2CC2C)ccc1CN. The quantitative estimate of drug-likeness (QED) is 0.846. The van der Waals surface area contributed by atoms with Gasteiger partial charge in [-0.2, -0.15) is 0 Å². The van der Waals surface area contributed by atoms with Crippen LogP contribution in [0.15, 0.2) is 23.1 Å². The lowest BCUT2D eigenvalue weighted by Crippen LogP contribution is -2.27. The molecule has 0 bridgehead atoms. The highest BCUT2D eigenvalue weighted by Crippen LogP contribution is 2.30. The van der Waals surface area contributed by atoms with Crippen LogP contribution in [0, 0.1) is 12.8 Å². The molecular weight excluding hydrogens is 236 g/mol. The first kappa shape index (κ1) is 12.5. The van der Waals surface area contributed by atoms with E-state index in [1.807, 2.05) is 13.8 Å². The van der Waals surface area contributed by atoms with Gasteiger partial charge in [0.15, 0.2) is 0 Å². The highest BCUT2D eigenvalue weighted by atomic mass is 32.2. The van der Waals surface area contributed by atoms with E-state index in [0.717, 1.165) is 17.5 Å². The van der Waals surface area contributed by atoms with Gasteiger partial charge in [-0.1, -0.05) is 13.0 Å². The van der Waals surface area contributed by atoms with Crippen molar-refractivity contribution in [3.63, 3.8) is 0 Å². The molecule has 0 spiro atoms. The molecular formula is C12H18N2O2S. The van der Waals surface area contributed by atoms with Gasteiger partial charge in [-0.3, -0.25) is 0 Å². The van der Waals surface area contributed by atoms with E-state index in [9.17, 15) is 8.42 Å². The van der Waals surface area contributed by atoms with E-state index in [-0.39, 0.29) is 6.04 Å². The van der Waals surface area contributed by atoms with Crippen LogP contribution in [0.4, 0.5) is 0 Å². The summed E-state index contributed by atoms with van der Waals surface area (Å²) in [6, 6.07) is 5.18. The van der Waals surface area contributed by atoms with Crippen molar-refractivity contribution in [2.75, 3.05) is 0 Å². The molecule has 1 aromatic carbocycles. The number of rotatable bonds is 4. The summed E-state index contributed by atoms with van der Waals surface area (Å²) < 4.78 is 26.8. The van der Waals surface area contributed by atoms with Crippen molar-refractivity contribution < 1.29 is 8.42 Å². The fourth-order valence-corrected chi connectivity index (χ4v) is 3.26. The average molecular weight is 254 g/mol. The highest BCUT2D eigenvalue weighted by molar-refractivity contribution is 7.89. The minimum atomic E-state index is -3.37. The van der Waals surface area contributed by atoms with Crippen LogP contribution in [-0.4, -0.2) is 14.5 Å². The van der Waals surface area contributed by atoms with Gasteiger partial charge >= 0.3 is 0 Å². The summed E-state index contributed by atoms with van der Waals surface area (Å²) in [6.07, 6.45) is 0.930. The monoisotopic (exact) mass is 254 g/mol. The number of nitrogens with one attached hydrogen (secondary N) is 1. The lowest BCUT2D eigenvalue weighted by atomic mass is 10.1. The average Bonchev–Trinajstić information content (AvgIpc) is 2.93. The van der Waals surface area contributed by atoms with E-state index in [1.54, 1.807) is 18.2 Å². The van der Waals surface area contributed by atoms with Gasteiger partial charge in [0.2, 0.25) is 10.0 Å². The third-order valence-electron chi connectivity index (χ3n) is 3.26. The van der Waals surface area contributed by atoms with Crippen molar-refractivity contribution in [1.29, 1.82) is 0 Å². The van der Waals surface area contributed by atoms with Gasteiger partial charge in [0.1, 0.15) is 0 Å². The minimum Gasteiger partial charge on any atom is -0.326 e. The Morgan fingerprint density at radius 3 is 2.59 bits per heavy atom. The van der Waals surface area contributed by atoms with Crippen molar-refractivity contribution in [3.05, 3.63) is 29.3 Å². The molecule has 0 heterocycles. The number of benzene rings is 1. The maximum absolute atomic E-state index is 12.0. The number of hydrogen-bond donors (Lipinski definition) is 2. The summed E-state index contributed by atoms with van der Waals surface area (Å²) in [6.45, 7) is 4.34. The van der Waals surface area contributed by atoms with Crippen molar-refractivity contribution in [3.8, 4) is 0 Å². The maximum atomic E-state index is 12.0. The van der Waals surface area contributed by atoms with Crippen LogP contribution in [0.2, 0.25) is 0 Å². The fourth-order valence-electron chi connectivity index (χ4n) is 1.82. The second-order valence-electron chi connectivity index (χ2n) is 4.73. The zero-order valence-corrected chi connectivity index (χ0v) is 10.9. The molecule has 3 N–H and O–H groups in total. The van der Waals surface area contributed by atoms with Crippen LogP contribution in [-0.2, 0) is 16.6 Å². The highest BCUT2D eigenvalue weighted by Gasteiger charge is 2.36. The van der Waals surface area contributed by atoms with Gasteiger partial charge in [0.25, 0.3) is 0 Å². The normalized spacial score (nSPS) is 23.7. The van der Waals surface area contributed by atoms with E-state index in [2.05, 4.69) is 4.72 Å². The Hall–Kier alpha value is -0.910. The van der Waals surface area contributed by atoms with E-state index in [0.29, 0.717) is 17.4 Å². The predicted octanol–water partition coefficient (Wildman–Crippen LogP) is 1.14. The van der Waals surface area contributed by atoms with E-state index in [1.165, 1.54) is 0 Å². The van der Waals surface area contributed by atoms with Gasteiger partial charge < -0.3 is 5.73 Å². The number of aryl methyl sites for hydroxylation is 1. The topological polar surface area (TPSA) is 72.2 Å². The fraction of sp³-hybridized carbons (Fsp3) is 0.500. The van der Waals surface area contributed by atoms with E-state index < -0.39 is 10.0 Å². The van der Waals surface area contributed by atoms with Gasteiger partial charge in [0.05, 0.1) is 4.90 Å². The predicted molar refractivity (Wildman–Crippen MR) is 67.0 cm³/mol. The Morgan fingerprint density at radius 1 is 1.47 bits per heavy atom. The summed E-state index contributed by atoms with van der Waals surface area (Å²) in [5, 5.41) is 0. The molecule has 0 aromatic heterocycles. The molecule has 0 aliphatic heterocycles. The molecule has 94 valence electrons. The molecule has 1 aromatic rings. The number of nitrogens with two attached hydrogens (primary N) is 1. The first-order valence-corrected chi connectivity index (χ1v) is 7.24. The van der Waals surface area contributed by atoms with Crippen LogP contribution in [0.3, 0.4) is 0 Å². The first-order chi connectivity index (χ1) is 7.94. The molecule has 0 radical (unpaired) electrons. The molecule has 2 atom stereocenters. The molecule has 1 fully saturated rings. The Morgan fingerprint density at radius 2 is 2.12 bits per heavy atom. The van der Waals surface area contributed by atoms with Gasteiger partial charge in [-0.15, -0.1) is 0 Å². The molecule has 0 saturated heterocycles. The molecule has 5 heteroatoms. The van der Waals surface area contributed by atoms with Crippen LogP contribution < -0.4 is 10.5 Å². The summed E-state index contributed by atoms with van der Waals surface area (Å²) in [5.74, 6) is 0.453. The lowest BCUT2D eigenvalue weighted by Gasteiger charge is -2.09. The second kappa shape index (κ2) is 4.40. The smallest absolute Gasteiger partial charge is 0.240 e. The Bertz CT molecular complexity index is 525. The Balaban J connectivity index is 2.24. The standard InChI is InChI=1S/C12H18N2O2S/c1-8-5-11(4-3-10(8)7-13)17(15,16)14-12-6-9(12)2/h3-5,9,12,14H,6-7,13H2,1-2H3. The molecule has 2 rings (SSSR count). The summed E-state index contributed by atoms with van der Waals surface area (Å²) in [5.41, 5.74) is 7.45. The van der Waals surface area contributed by atoms with Crippen LogP contribution in [0.25, 0.3) is 0 Å². The molecule has 17 heavy (non-hydrogen) atoms. The van der Waals surface area contributed by atoms with Gasteiger partial charge in [0, 0.05) is 12.6 Å². The van der Waals surface area contributed by atoms with E-state index in [4.69, 9.17) is 5.73 Å². The van der Waals surface area contributed by atoms with Crippen molar-refractivity contribution >= 4 is 10.0 Å². The summed E-state index contributed by atoms with van der Waals surface area (Å²) in [7, 11) is -3.37. The first-order valence-electron chi connectivity index (χ1n) is 5.76. The van der Waals surface area contributed by atoms with Crippen LogP contribution in [0.1, 0.15) is 24.5 Å². The molecule has 1 aliphatic rings. The zero-order valence-electron chi connectivity index (χ0n) is 10.1. The molecule has 1 saturated carbocycles.